The first-order chi connectivity index (χ1) is 14.2. The topological polar surface area (TPSA) is 59.8 Å². The van der Waals surface area contributed by atoms with Crippen LogP contribution in [0.1, 0.15) is 33.3 Å². The zero-order valence-corrected chi connectivity index (χ0v) is 19.7. The number of hydrogen-bond donors (Lipinski definition) is 1. The molecule has 0 bridgehead atoms. The molecule has 0 aliphatic heterocycles. The van der Waals surface area contributed by atoms with E-state index in [0.717, 1.165) is 11.4 Å². The lowest BCUT2D eigenvalue weighted by Crippen LogP contribution is -2.15. The van der Waals surface area contributed by atoms with Gasteiger partial charge in [0.1, 0.15) is 0 Å². The summed E-state index contributed by atoms with van der Waals surface area (Å²) in [6, 6.07) is 13.3. The number of anilines is 1. The summed E-state index contributed by atoms with van der Waals surface area (Å²) in [5.41, 5.74) is 2.85. The Balaban J connectivity index is 1.71. The van der Waals surface area contributed by atoms with Crippen molar-refractivity contribution in [3.63, 3.8) is 0 Å². The summed E-state index contributed by atoms with van der Waals surface area (Å²) in [6.07, 6.45) is 0. The van der Waals surface area contributed by atoms with Crippen molar-refractivity contribution in [2.75, 3.05) is 11.1 Å². The third-order valence-electron chi connectivity index (χ3n) is 4.58. The molecular formula is C22H24Cl2N4OS. The maximum absolute atomic E-state index is 12.4. The third kappa shape index (κ3) is 5.36. The van der Waals surface area contributed by atoms with E-state index in [1.807, 2.05) is 11.5 Å². The Bertz CT molecular complexity index is 1040. The molecule has 8 heteroatoms. The van der Waals surface area contributed by atoms with E-state index in [-0.39, 0.29) is 17.1 Å². The Morgan fingerprint density at radius 2 is 1.80 bits per heavy atom. The molecule has 0 fully saturated rings. The highest BCUT2D eigenvalue weighted by molar-refractivity contribution is 7.99. The summed E-state index contributed by atoms with van der Waals surface area (Å²) in [5, 5.41) is 13.1. The first-order valence-corrected chi connectivity index (χ1v) is 11.3. The molecule has 0 spiro atoms. The van der Waals surface area contributed by atoms with Gasteiger partial charge in [-0.25, -0.2) is 0 Å². The van der Waals surface area contributed by atoms with Crippen LogP contribution < -0.4 is 5.32 Å². The molecule has 0 unspecified atom stereocenters. The van der Waals surface area contributed by atoms with E-state index in [4.69, 9.17) is 23.2 Å². The van der Waals surface area contributed by atoms with Gasteiger partial charge in [0, 0.05) is 17.1 Å². The molecule has 1 aromatic heterocycles. The minimum Gasteiger partial charge on any atom is -0.324 e. The molecule has 2 aromatic carbocycles. The predicted molar refractivity (Wildman–Crippen MR) is 126 cm³/mol. The largest absolute Gasteiger partial charge is 0.324 e. The van der Waals surface area contributed by atoms with Gasteiger partial charge in [-0.05, 0) is 36.1 Å². The van der Waals surface area contributed by atoms with E-state index >= 15 is 0 Å². The van der Waals surface area contributed by atoms with Gasteiger partial charge in [0.2, 0.25) is 5.91 Å². The third-order valence-corrected chi connectivity index (χ3v) is 6.11. The van der Waals surface area contributed by atoms with Crippen LogP contribution in [0, 0.1) is 0 Å². The van der Waals surface area contributed by atoms with E-state index in [0.29, 0.717) is 27.4 Å². The van der Waals surface area contributed by atoms with Crippen molar-refractivity contribution in [1.82, 2.24) is 14.8 Å². The number of nitrogens with zero attached hydrogens (tertiary/aromatic N) is 3. The van der Waals surface area contributed by atoms with Crippen LogP contribution in [0.15, 0.2) is 47.6 Å². The number of carbonyl (C=O) groups excluding carboxylic acids is 1. The Kier molecular flexibility index (Phi) is 7.11. The molecule has 1 N–H and O–H groups in total. The molecule has 0 saturated heterocycles. The highest BCUT2D eigenvalue weighted by atomic mass is 35.5. The molecule has 0 aliphatic carbocycles. The van der Waals surface area contributed by atoms with Crippen molar-refractivity contribution in [2.45, 2.75) is 44.8 Å². The number of nitrogens with one attached hydrogen (secondary N) is 1. The summed E-state index contributed by atoms with van der Waals surface area (Å²) in [6.45, 7) is 9.30. The SMILES string of the molecule is CCn1c(SCC(=O)Nc2cc(Cl)ccc2Cl)nnc1-c1ccc(C(C)(C)C)cc1. The zero-order chi connectivity index (χ0) is 21.9. The highest BCUT2D eigenvalue weighted by Crippen LogP contribution is 2.29. The molecule has 1 amide bonds. The second-order valence-electron chi connectivity index (χ2n) is 7.84. The summed E-state index contributed by atoms with van der Waals surface area (Å²) < 4.78 is 2.01. The lowest BCUT2D eigenvalue weighted by atomic mass is 9.87. The number of amides is 1. The van der Waals surface area contributed by atoms with E-state index in [9.17, 15) is 4.79 Å². The predicted octanol–water partition coefficient (Wildman–Crippen LogP) is 6.30. The summed E-state index contributed by atoms with van der Waals surface area (Å²) in [4.78, 5) is 12.4. The lowest BCUT2D eigenvalue weighted by molar-refractivity contribution is -0.113. The maximum atomic E-state index is 12.4. The first kappa shape index (κ1) is 22.7. The average molecular weight is 463 g/mol. The normalized spacial score (nSPS) is 11.5. The van der Waals surface area contributed by atoms with Gasteiger partial charge in [-0.15, -0.1) is 10.2 Å². The summed E-state index contributed by atoms with van der Waals surface area (Å²) in [5.74, 6) is 0.786. The number of hydrogen-bond acceptors (Lipinski definition) is 4. The van der Waals surface area contributed by atoms with Crippen molar-refractivity contribution in [1.29, 1.82) is 0 Å². The molecule has 30 heavy (non-hydrogen) atoms. The number of rotatable bonds is 6. The Morgan fingerprint density at radius 3 is 2.43 bits per heavy atom. The molecule has 158 valence electrons. The lowest BCUT2D eigenvalue weighted by Gasteiger charge is -2.19. The Hall–Kier alpha value is -2.02. The van der Waals surface area contributed by atoms with Crippen LogP contribution in [0.3, 0.4) is 0 Å². The molecule has 5 nitrogen and oxygen atoms in total. The number of aromatic nitrogens is 3. The van der Waals surface area contributed by atoms with Gasteiger partial charge in [-0.2, -0.15) is 0 Å². The van der Waals surface area contributed by atoms with Crippen LogP contribution in [-0.4, -0.2) is 26.4 Å². The van der Waals surface area contributed by atoms with Crippen molar-refractivity contribution in [3.05, 3.63) is 58.1 Å². The van der Waals surface area contributed by atoms with Crippen LogP contribution in [0.25, 0.3) is 11.4 Å². The fourth-order valence-electron chi connectivity index (χ4n) is 2.92. The first-order valence-electron chi connectivity index (χ1n) is 9.61. The zero-order valence-electron chi connectivity index (χ0n) is 17.4. The fourth-order valence-corrected chi connectivity index (χ4v) is 4.06. The highest BCUT2D eigenvalue weighted by Gasteiger charge is 2.17. The number of benzene rings is 2. The van der Waals surface area contributed by atoms with Gasteiger partial charge in [-0.1, -0.05) is 80.0 Å². The van der Waals surface area contributed by atoms with E-state index < -0.39 is 0 Å². The Morgan fingerprint density at radius 1 is 1.10 bits per heavy atom. The van der Waals surface area contributed by atoms with E-state index in [2.05, 4.69) is 60.6 Å². The minimum absolute atomic E-state index is 0.0945. The second-order valence-corrected chi connectivity index (χ2v) is 9.62. The molecular weight excluding hydrogens is 439 g/mol. The van der Waals surface area contributed by atoms with Crippen molar-refractivity contribution in [3.8, 4) is 11.4 Å². The van der Waals surface area contributed by atoms with E-state index in [1.165, 1.54) is 17.3 Å². The van der Waals surface area contributed by atoms with Crippen LogP contribution in [0.2, 0.25) is 10.0 Å². The number of carbonyl (C=O) groups is 1. The maximum Gasteiger partial charge on any atom is 0.234 e. The van der Waals surface area contributed by atoms with Gasteiger partial charge in [0.25, 0.3) is 0 Å². The van der Waals surface area contributed by atoms with Crippen molar-refractivity contribution < 1.29 is 4.79 Å². The van der Waals surface area contributed by atoms with Crippen LogP contribution in [0.4, 0.5) is 5.69 Å². The molecule has 0 radical (unpaired) electrons. The monoisotopic (exact) mass is 462 g/mol. The van der Waals surface area contributed by atoms with E-state index in [1.54, 1.807) is 18.2 Å². The van der Waals surface area contributed by atoms with Gasteiger partial charge in [-0.3, -0.25) is 4.79 Å². The van der Waals surface area contributed by atoms with Crippen LogP contribution in [0.5, 0.6) is 0 Å². The van der Waals surface area contributed by atoms with Gasteiger partial charge < -0.3 is 9.88 Å². The van der Waals surface area contributed by atoms with Gasteiger partial charge in [0.15, 0.2) is 11.0 Å². The number of halogens is 2. The van der Waals surface area contributed by atoms with Gasteiger partial charge >= 0.3 is 0 Å². The van der Waals surface area contributed by atoms with Crippen molar-refractivity contribution >= 4 is 46.6 Å². The minimum atomic E-state index is -0.189. The van der Waals surface area contributed by atoms with Gasteiger partial charge in [0.05, 0.1) is 16.5 Å². The molecule has 3 aromatic rings. The van der Waals surface area contributed by atoms with Crippen molar-refractivity contribution in [2.24, 2.45) is 0 Å². The van der Waals surface area contributed by atoms with Crippen LogP contribution in [-0.2, 0) is 16.8 Å². The Labute approximate surface area is 191 Å². The molecule has 1 heterocycles. The standard InChI is InChI=1S/C22H24Cl2N4OS/c1-5-28-20(14-6-8-15(9-7-14)22(2,3)4)26-27-21(28)30-13-19(29)25-18-12-16(23)10-11-17(18)24/h6-12H,5,13H2,1-4H3,(H,25,29). The summed E-state index contributed by atoms with van der Waals surface area (Å²) in [7, 11) is 0. The summed E-state index contributed by atoms with van der Waals surface area (Å²) >= 11 is 13.4. The quantitative estimate of drug-likeness (QED) is 0.436. The second kappa shape index (κ2) is 9.41. The molecule has 0 aliphatic rings. The molecule has 0 atom stereocenters. The molecule has 3 rings (SSSR count). The number of thioether (sulfide) groups is 1. The smallest absolute Gasteiger partial charge is 0.234 e. The fraction of sp³-hybridized carbons (Fsp3) is 0.318. The molecule has 0 saturated carbocycles. The average Bonchev–Trinajstić information content (AvgIpc) is 3.11. The van der Waals surface area contributed by atoms with Crippen LogP contribution >= 0.6 is 35.0 Å².